The quantitative estimate of drug-likeness (QED) is 0.709. The smallest absolute Gasteiger partial charge is 0.226 e. The summed E-state index contributed by atoms with van der Waals surface area (Å²) in [5, 5.41) is 10.6. The topological polar surface area (TPSA) is 59.0 Å². The summed E-state index contributed by atoms with van der Waals surface area (Å²) < 4.78 is 10.4. The van der Waals surface area contributed by atoms with Gasteiger partial charge in [-0.15, -0.1) is 0 Å². The second kappa shape index (κ2) is 8.93. The molecule has 1 amide bonds. The van der Waals surface area contributed by atoms with Crippen LogP contribution in [0.2, 0.25) is 0 Å². The molecule has 1 atom stereocenters. The van der Waals surface area contributed by atoms with Gasteiger partial charge in [-0.3, -0.25) is 4.79 Å². The fourth-order valence-corrected chi connectivity index (χ4v) is 3.38. The number of allylic oxidation sites excluding steroid dienone is 1. The van der Waals surface area contributed by atoms with Crippen molar-refractivity contribution in [2.24, 2.45) is 0 Å². The number of carbonyl (C=O) groups is 1. The Kier molecular flexibility index (Phi) is 6.37. The Morgan fingerprint density at radius 1 is 0.964 bits per heavy atom. The summed E-state index contributed by atoms with van der Waals surface area (Å²) in [5.74, 6) is 1.49. The van der Waals surface area contributed by atoms with Gasteiger partial charge in [0.15, 0.2) is 0 Å². The summed E-state index contributed by atoms with van der Waals surface area (Å²) >= 11 is 0. The third-order valence-corrected chi connectivity index (χ3v) is 5.05. The van der Waals surface area contributed by atoms with Crippen molar-refractivity contribution in [3.8, 4) is 11.5 Å². The zero-order chi connectivity index (χ0) is 20.0. The van der Waals surface area contributed by atoms with Gasteiger partial charge in [0, 0.05) is 13.1 Å². The molecule has 0 aliphatic heterocycles. The molecule has 0 radical (unpaired) electrons. The lowest BCUT2D eigenvalue weighted by atomic mass is 9.98. The molecule has 0 bridgehead atoms. The van der Waals surface area contributed by atoms with Crippen LogP contribution in [0, 0.1) is 0 Å². The molecule has 28 heavy (non-hydrogen) atoms. The summed E-state index contributed by atoms with van der Waals surface area (Å²) in [6.07, 6.45) is 5.18. The van der Waals surface area contributed by atoms with Crippen LogP contribution in [0.1, 0.15) is 30.4 Å². The molecule has 1 aliphatic rings. The van der Waals surface area contributed by atoms with Crippen LogP contribution >= 0.6 is 0 Å². The van der Waals surface area contributed by atoms with Gasteiger partial charge < -0.3 is 19.5 Å². The molecule has 0 fully saturated rings. The Hall–Kier alpha value is -2.79. The summed E-state index contributed by atoms with van der Waals surface area (Å²) in [5.41, 5.74) is 0.989. The number of aliphatic hydroxyl groups is 1. The van der Waals surface area contributed by atoms with Crippen LogP contribution in [-0.4, -0.2) is 35.7 Å². The van der Waals surface area contributed by atoms with Gasteiger partial charge in [-0.05, 0) is 48.2 Å². The number of carbonyl (C=O) groups excluding carboxylic acids is 1. The molecule has 2 aromatic rings. The van der Waals surface area contributed by atoms with E-state index in [1.54, 1.807) is 25.2 Å². The molecule has 0 spiro atoms. The van der Waals surface area contributed by atoms with Crippen LogP contribution in [0.25, 0.3) is 0 Å². The first kappa shape index (κ1) is 20.0. The van der Waals surface area contributed by atoms with Gasteiger partial charge in [0.2, 0.25) is 5.91 Å². The molecule has 1 unspecified atom stereocenters. The predicted octanol–water partition coefficient (Wildman–Crippen LogP) is 3.70. The highest BCUT2D eigenvalue weighted by Crippen LogP contribution is 2.27. The minimum absolute atomic E-state index is 0.0688. The molecule has 5 heteroatoms. The van der Waals surface area contributed by atoms with Crippen LogP contribution in [0.4, 0.5) is 0 Å². The minimum Gasteiger partial charge on any atom is -0.497 e. The first-order valence-electron chi connectivity index (χ1n) is 9.45. The Bertz CT molecular complexity index is 764. The van der Waals surface area contributed by atoms with Crippen LogP contribution in [0.15, 0.2) is 60.7 Å². The number of ether oxygens (including phenoxy) is 2. The van der Waals surface area contributed by atoms with E-state index in [1.165, 1.54) is 0 Å². The van der Waals surface area contributed by atoms with Gasteiger partial charge in [-0.2, -0.15) is 0 Å². The molecule has 1 aliphatic carbocycles. The van der Waals surface area contributed by atoms with E-state index < -0.39 is 5.60 Å². The Balaban J connectivity index is 1.76. The van der Waals surface area contributed by atoms with E-state index in [4.69, 9.17) is 9.47 Å². The maximum absolute atomic E-state index is 13.0. The number of hydrogen-bond donors (Lipinski definition) is 1. The summed E-state index contributed by atoms with van der Waals surface area (Å²) in [6, 6.07) is 15.4. The second-order valence-electron chi connectivity index (χ2n) is 7.17. The van der Waals surface area contributed by atoms with E-state index in [2.05, 4.69) is 0 Å². The van der Waals surface area contributed by atoms with E-state index in [-0.39, 0.29) is 12.3 Å². The van der Waals surface area contributed by atoms with Gasteiger partial charge in [-0.25, -0.2) is 0 Å². The van der Waals surface area contributed by atoms with E-state index in [0.717, 1.165) is 29.0 Å². The van der Waals surface area contributed by atoms with Gasteiger partial charge in [0.25, 0.3) is 0 Å². The predicted molar refractivity (Wildman–Crippen MR) is 108 cm³/mol. The van der Waals surface area contributed by atoms with E-state index >= 15 is 0 Å². The lowest BCUT2D eigenvalue weighted by Gasteiger charge is -2.27. The highest BCUT2D eigenvalue weighted by Gasteiger charge is 2.31. The standard InChI is InChI=1S/C23H27NO4/c1-27-20-9-5-18(6-10-20)16-24(17-19-7-11-21(28-2)12-8-19)22(25)15-23(26)13-3-4-14-23/h3,5-13,26H,4,14-17H2,1-2H3. The molecular formula is C23H27NO4. The van der Waals surface area contributed by atoms with Crippen LogP contribution in [-0.2, 0) is 17.9 Å². The van der Waals surface area contributed by atoms with Crippen molar-refractivity contribution in [2.75, 3.05) is 14.2 Å². The molecule has 3 rings (SSSR count). The summed E-state index contributed by atoms with van der Waals surface area (Å²) in [6.45, 7) is 0.934. The second-order valence-corrected chi connectivity index (χ2v) is 7.17. The Morgan fingerprint density at radius 3 is 1.86 bits per heavy atom. The molecule has 0 aromatic heterocycles. The number of benzene rings is 2. The highest BCUT2D eigenvalue weighted by atomic mass is 16.5. The molecule has 1 N–H and O–H groups in total. The van der Waals surface area contributed by atoms with Crippen molar-refractivity contribution in [1.29, 1.82) is 0 Å². The van der Waals surface area contributed by atoms with Crippen molar-refractivity contribution < 1.29 is 19.4 Å². The number of methoxy groups -OCH3 is 2. The zero-order valence-corrected chi connectivity index (χ0v) is 16.4. The lowest BCUT2D eigenvalue weighted by molar-refractivity contribution is -0.136. The van der Waals surface area contributed by atoms with Gasteiger partial charge in [0.05, 0.1) is 26.2 Å². The molecule has 5 nitrogen and oxygen atoms in total. The summed E-state index contributed by atoms with van der Waals surface area (Å²) in [7, 11) is 3.26. The Morgan fingerprint density at radius 2 is 1.46 bits per heavy atom. The number of rotatable bonds is 8. The molecule has 0 saturated carbocycles. The van der Waals surface area contributed by atoms with Crippen molar-refractivity contribution in [2.45, 2.75) is 38.0 Å². The first-order valence-corrected chi connectivity index (χ1v) is 9.45. The average molecular weight is 381 g/mol. The number of nitrogens with zero attached hydrogens (tertiary/aromatic N) is 1. The van der Waals surface area contributed by atoms with Gasteiger partial charge >= 0.3 is 0 Å². The molecule has 2 aromatic carbocycles. The van der Waals surface area contributed by atoms with Crippen LogP contribution in [0.3, 0.4) is 0 Å². The van der Waals surface area contributed by atoms with Crippen LogP contribution < -0.4 is 9.47 Å². The normalized spacial score (nSPS) is 18.1. The Labute approximate surface area is 166 Å². The van der Waals surface area contributed by atoms with E-state index in [1.807, 2.05) is 54.6 Å². The van der Waals surface area contributed by atoms with Crippen molar-refractivity contribution >= 4 is 5.91 Å². The maximum atomic E-state index is 13.0. The largest absolute Gasteiger partial charge is 0.497 e. The van der Waals surface area contributed by atoms with E-state index in [0.29, 0.717) is 19.5 Å². The van der Waals surface area contributed by atoms with Crippen molar-refractivity contribution in [3.63, 3.8) is 0 Å². The molecule has 148 valence electrons. The molecule has 0 heterocycles. The SMILES string of the molecule is COc1ccc(CN(Cc2ccc(OC)cc2)C(=O)CC2(O)C=CCC2)cc1. The van der Waals surface area contributed by atoms with Crippen molar-refractivity contribution in [1.82, 2.24) is 4.90 Å². The van der Waals surface area contributed by atoms with Gasteiger partial charge in [0.1, 0.15) is 11.5 Å². The highest BCUT2D eigenvalue weighted by molar-refractivity contribution is 5.77. The minimum atomic E-state index is -1.03. The number of hydrogen-bond acceptors (Lipinski definition) is 4. The lowest BCUT2D eigenvalue weighted by Crippen LogP contribution is -2.37. The fraction of sp³-hybridized carbons (Fsp3) is 0.348. The zero-order valence-electron chi connectivity index (χ0n) is 16.4. The van der Waals surface area contributed by atoms with Crippen LogP contribution in [0.5, 0.6) is 11.5 Å². The summed E-state index contributed by atoms with van der Waals surface area (Å²) in [4.78, 5) is 14.8. The first-order chi connectivity index (χ1) is 13.5. The van der Waals surface area contributed by atoms with E-state index in [9.17, 15) is 9.90 Å². The van der Waals surface area contributed by atoms with Gasteiger partial charge in [-0.1, -0.05) is 36.4 Å². The number of amides is 1. The monoisotopic (exact) mass is 381 g/mol. The molecular weight excluding hydrogens is 354 g/mol. The van der Waals surface area contributed by atoms with Crippen molar-refractivity contribution in [3.05, 3.63) is 71.8 Å². The molecule has 0 saturated heterocycles. The maximum Gasteiger partial charge on any atom is 0.226 e. The third-order valence-electron chi connectivity index (χ3n) is 5.05. The fourth-order valence-electron chi connectivity index (χ4n) is 3.38. The third kappa shape index (κ3) is 5.14. The average Bonchev–Trinajstić information content (AvgIpc) is 3.14.